The summed E-state index contributed by atoms with van der Waals surface area (Å²) in [5.74, 6) is -3.73. The molecule has 15 nitrogen and oxygen atoms in total. The van der Waals surface area contributed by atoms with Crippen molar-refractivity contribution in [3.05, 3.63) is 118 Å². The number of nitriles is 1. The van der Waals surface area contributed by atoms with Crippen LogP contribution >= 0.6 is 8.53 Å². The van der Waals surface area contributed by atoms with Gasteiger partial charge in [0, 0.05) is 18.3 Å². The zero-order valence-corrected chi connectivity index (χ0v) is 39.2. The maximum atomic E-state index is 14.5. The number of rotatable bonds is 23. The van der Waals surface area contributed by atoms with Gasteiger partial charge in [-0.1, -0.05) is 54.6 Å². The van der Waals surface area contributed by atoms with Crippen molar-refractivity contribution in [1.29, 1.82) is 5.26 Å². The number of hydrogen-bond donors (Lipinski definition) is 1. The molecule has 370 valence electrons. The fraction of sp³-hybridized carbons (Fsp3) is 0.478. The normalized spacial score (nSPS) is 18.8. The molecule has 0 bridgehead atoms. The Kier molecular flexibility index (Phi) is 18.5. The summed E-state index contributed by atoms with van der Waals surface area (Å²) in [4.78, 5) is 32.0. The summed E-state index contributed by atoms with van der Waals surface area (Å²) in [7, 11) is 0.695. The number of carbonyl (C=O) groups is 1. The van der Waals surface area contributed by atoms with Crippen molar-refractivity contribution in [2.24, 2.45) is 5.92 Å². The van der Waals surface area contributed by atoms with Gasteiger partial charge in [-0.05, 0) is 81.6 Å². The number of alkyl halides is 6. The second-order valence-corrected chi connectivity index (χ2v) is 17.5. The van der Waals surface area contributed by atoms with Crippen LogP contribution in [0, 0.1) is 17.2 Å². The van der Waals surface area contributed by atoms with Gasteiger partial charge in [0.2, 0.25) is 0 Å². The summed E-state index contributed by atoms with van der Waals surface area (Å²) >= 11 is 0. The standard InChI is InChI=1S/C46H54F6N5O10P/c1-28(2)57(29(3)4)68(64-25-11-23-53)67-40-39(65-42(56-24-22-37(54)55-43(56)59)41(40)63-27-62-26-36(45(47,48)49)46(50,51)52)38(30(5)58)66-44(31-12-9-8-10-13-31,32-14-18-34(60-6)19-15-32)33-16-20-35(61-7)21-17-33/h8-10,12-22,24,28-29,36,38-42H,11,25-27H2,1-7H3,(H2,54,55,59)/t38?,39-,40-,41-,42-,68?/m1/s1. The maximum absolute atomic E-state index is 14.5. The van der Waals surface area contributed by atoms with Crippen LogP contribution in [0.4, 0.5) is 32.2 Å². The summed E-state index contributed by atoms with van der Waals surface area (Å²) < 4.78 is 133. The number of halogens is 6. The third-order valence-electron chi connectivity index (χ3n) is 10.8. The van der Waals surface area contributed by atoms with E-state index in [0.29, 0.717) is 28.2 Å². The summed E-state index contributed by atoms with van der Waals surface area (Å²) in [6.07, 6.45) is -18.7. The molecule has 2 N–H and O–H groups in total. The Morgan fingerprint density at radius 3 is 1.88 bits per heavy atom. The van der Waals surface area contributed by atoms with E-state index in [-0.39, 0.29) is 30.9 Å². The van der Waals surface area contributed by atoms with Crippen molar-refractivity contribution in [2.45, 2.75) is 102 Å². The maximum Gasteiger partial charge on any atom is 0.402 e. The highest BCUT2D eigenvalue weighted by molar-refractivity contribution is 7.44. The minimum atomic E-state index is -5.73. The lowest BCUT2D eigenvalue weighted by molar-refractivity contribution is -0.299. The van der Waals surface area contributed by atoms with Crippen molar-refractivity contribution in [1.82, 2.24) is 14.2 Å². The van der Waals surface area contributed by atoms with E-state index in [4.69, 9.17) is 43.2 Å². The van der Waals surface area contributed by atoms with Gasteiger partial charge in [-0.3, -0.25) is 9.36 Å². The molecule has 1 aromatic heterocycles. The van der Waals surface area contributed by atoms with E-state index in [9.17, 15) is 41.2 Å². The third-order valence-corrected chi connectivity index (χ3v) is 12.9. The topological polar surface area (TPSA) is 179 Å². The smallest absolute Gasteiger partial charge is 0.402 e. The molecule has 0 radical (unpaired) electrons. The number of benzene rings is 3. The number of anilines is 1. The number of Topliss-reactive ketones (excluding diaryl/α,β-unsaturated/α-hetero) is 1. The van der Waals surface area contributed by atoms with Gasteiger partial charge in [-0.15, -0.1) is 0 Å². The van der Waals surface area contributed by atoms with Crippen molar-refractivity contribution in [3.63, 3.8) is 0 Å². The number of methoxy groups -OCH3 is 2. The Labute approximate surface area is 390 Å². The first-order valence-corrected chi connectivity index (χ1v) is 22.4. The highest BCUT2D eigenvalue weighted by atomic mass is 31.2. The molecule has 6 atom stereocenters. The first-order chi connectivity index (χ1) is 32.2. The zero-order valence-electron chi connectivity index (χ0n) is 38.3. The first-order valence-electron chi connectivity index (χ1n) is 21.3. The predicted octanol–water partition coefficient (Wildman–Crippen LogP) is 8.47. The first kappa shape index (κ1) is 53.8. The number of aromatic nitrogens is 2. The molecule has 2 unspecified atom stereocenters. The second kappa shape index (κ2) is 23.4. The Balaban J connectivity index is 1.76. The molecule has 5 rings (SSSR count). The molecule has 0 amide bonds. The molecule has 1 saturated heterocycles. The van der Waals surface area contributed by atoms with E-state index in [0.717, 1.165) is 4.57 Å². The van der Waals surface area contributed by atoms with Gasteiger partial charge in [-0.2, -0.15) is 36.6 Å². The van der Waals surface area contributed by atoms with Gasteiger partial charge in [0.1, 0.15) is 54.1 Å². The van der Waals surface area contributed by atoms with E-state index < -0.39 is 87.9 Å². The van der Waals surface area contributed by atoms with Gasteiger partial charge < -0.3 is 43.2 Å². The summed E-state index contributed by atoms with van der Waals surface area (Å²) in [5, 5.41) is 9.47. The number of ketones is 1. The average molecular weight is 982 g/mol. The molecule has 2 heterocycles. The lowest BCUT2D eigenvalue weighted by atomic mass is 9.79. The Morgan fingerprint density at radius 1 is 0.868 bits per heavy atom. The van der Waals surface area contributed by atoms with Crippen LogP contribution in [0.3, 0.4) is 0 Å². The van der Waals surface area contributed by atoms with Crippen LogP contribution < -0.4 is 20.9 Å². The molecular weight excluding hydrogens is 927 g/mol. The van der Waals surface area contributed by atoms with Crippen LogP contribution in [0.1, 0.15) is 64.0 Å². The highest BCUT2D eigenvalue weighted by Gasteiger charge is 2.58. The highest BCUT2D eigenvalue weighted by Crippen LogP contribution is 2.52. The number of nitrogen functional groups attached to an aromatic ring is 1. The van der Waals surface area contributed by atoms with E-state index in [1.165, 1.54) is 33.4 Å². The fourth-order valence-corrected chi connectivity index (χ4v) is 9.47. The van der Waals surface area contributed by atoms with E-state index in [1.54, 1.807) is 78.9 Å². The number of ether oxygens (including phenoxy) is 6. The van der Waals surface area contributed by atoms with Crippen LogP contribution in [-0.4, -0.2) is 103 Å². The van der Waals surface area contributed by atoms with E-state index in [1.807, 2.05) is 38.4 Å². The monoisotopic (exact) mass is 981 g/mol. The average Bonchev–Trinajstić information content (AvgIpc) is 3.62. The fourth-order valence-electron chi connectivity index (χ4n) is 7.72. The second-order valence-electron chi connectivity index (χ2n) is 16.1. The largest absolute Gasteiger partial charge is 0.497 e. The van der Waals surface area contributed by atoms with Crippen molar-refractivity contribution < 1.29 is 68.6 Å². The van der Waals surface area contributed by atoms with Crippen LogP contribution in [0.15, 0.2) is 95.9 Å². The Morgan fingerprint density at radius 2 is 1.41 bits per heavy atom. The SMILES string of the molecule is COc1ccc(C(OC(C(C)=O)[C@H]2O[C@@H](n3ccc(N)nc3=O)[C@H](OCOCC(C(F)(F)F)C(F)(F)F)[C@@H]2OP(OCCC#N)N(C(C)C)C(C)C)(c2ccccc2)c2ccc(OC)cc2)cc1. The molecule has 4 aromatic rings. The van der Waals surface area contributed by atoms with Gasteiger partial charge >= 0.3 is 18.0 Å². The number of nitrogens with two attached hydrogens (primary N) is 1. The predicted molar refractivity (Wildman–Crippen MR) is 236 cm³/mol. The number of nitrogens with zero attached hydrogens (tertiary/aromatic N) is 4. The molecule has 22 heteroatoms. The minimum Gasteiger partial charge on any atom is -0.497 e. The molecule has 0 aliphatic carbocycles. The van der Waals surface area contributed by atoms with Gasteiger partial charge in [0.15, 0.2) is 17.9 Å². The number of hydrogen-bond acceptors (Lipinski definition) is 14. The molecule has 0 spiro atoms. The lowest BCUT2D eigenvalue weighted by Crippen LogP contribution is -2.50. The molecule has 1 fully saturated rings. The van der Waals surface area contributed by atoms with Crippen LogP contribution in [-0.2, 0) is 38.4 Å². The van der Waals surface area contributed by atoms with E-state index in [2.05, 4.69) is 4.98 Å². The molecule has 1 aliphatic rings. The van der Waals surface area contributed by atoms with E-state index >= 15 is 0 Å². The van der Waals surface area contributed by atoms with Crippen molar-refractivity contribution in [3.8, 4) is 17.6 Å². The molecule has 0 saturated carbocycles. The summed E-state index contributed by atoms with van der Waals surface area (Å²) in [5.41, 5.74) is 4.64. The zero-order chi connectivity index (χ0) is 50.0. The molecular formula is C46H54F6N5O10P. The van der Waals surface area contributed by atoms with Gasteiger partial charge in [0.05, 0.1) is 39.9 Å². The summed E-state index contributed by atoms with van der Waals surface area (Å²) in [6.45, 7) is 5.34. The molecule has 1 aliphatic heterocycles. The lowest BCUT2D eigenvalue weighted by Gasteiger charge is -2.41. The molecule has 68 heavy (non-hydrogen) atoms. The Hall–Kier alpha value is -5.17. The van der Waals surface area contributed by atoms with Crippen molar-refractivity contribution in [2.75, 3.05) is 40.0 Å². The van der Waals surface area contributed by atoms with Crippen LogP contribution in [0.25, 0.3) is 0 Å². The third kappa shape index (κ3) is 12.7. The van der Waals surface area contributed by atoms with Crippen LogP contribution in [0.5, 0.6) is 11.5 Å². The summed E-state index contributed by atoms with van der Waals surface area (Å²) in [6, 6.07) is 25.3. The Bertz CT molecular complexity index is 2270. The van der Waals surface area contributed by atoms with Crippen molar-refractivity contribution >= 4 is 20.1 Å². The quantitative estimate of drug-likeness (QED) is 0.0246. The van der Waals surface area contributed by atoms with Crippen LogP contribution in [0.2, 0.25) is 0 Å². The minimum absolute atomic E-state index is 0.0816. The number of carbonyl (C=O) groups excluding carboxylic acids is 1. The molecule has 3 aromatic carbocycles. The van der Waals surface area contributed by atoms with Gasteiger partial charge in [-0.25, -0.2) is 9.46 Å². The van der Waals surface area contributed by atoms with Gasteiger partial charge in [0.25, 0.3) is 8.53 Å².